The average molecular weight is 362 g/mol. The van der Waals surface area contributed by atoms with E-state index in [1.165, 1.54) is 0 Å². The lowest BCUT2D eigenvalue weighted by atomic mass is 10.1. The van der Waals surface area contributed by atoms with Crippen LogP contribution in [0.3, 0.4) is 0 Å². The molecule has 1 aromatic heterocycles. The van der Waals surface area contributed by atoms with Crippen LogP contribution in [0.5, 0.6) is 0 Å². The largest absolute Gasteiger partial charge is 0.445 e. The minimum Gasteiger partial charge on any atom is -0.445 e. The monoisotopic (exact) mass is 362 g/mol. The molecule has 0 spiro atoms. The highest BCUT2D eigenvalue weighted by molar-refractivity contribution is 5.79. The molecule has 0 saturated carbocycles. The second kappa shape index (κ2) is 7.76. The number of aliphatic hydroxyl groups is 1. The quantitative estimate of drug-likeness (QED) is 0.758. The Balaban J connectivity index is 1.40. The minimum atomic E-state index is 0.0145. The molecule has 0 atom stereocenters. The average Bonchev–Trinajstić information content (AvgIpc) is 3.10. The molecule has 2 aromatic carbocycles. The molecule has 5 nitrogen and oxygen atoms in total. The molecule has 1 aliphatic heterocycles. The first-order valence-electron chi connectivity index (χ1n) is 9.19. The van der Waals surface area contributed by atoms with E-state index in [-0.39, 0.29) is 12.5 Å². The predicted molar refractivity (Wildman–Crippen MR) is 101 cm³/mol. The minimum absolute atomic E-state index is 0.0145. The summed E-state index contributed by atoms with van der Waals surface area (Å²) in [5.41, 5.74) is 3.83. The van der Waals surface area contributed by atoms with E-state index in [1.807, 2.05) is 47.4 Å². The van der Waals surface area contributed by atoms with Gasteiger partial charge < -0.3 is 14.4 Å². The fraction of sp³-hybridized carbons (Fsp3) is 0.273. The molecule has 27 heavy (non-hydrogen) atoms. The summed E-state index contributed by atoms with van der Waals surface area (Å²) in [7, 11) is 0. The van der Waals surface area contributed by atoms with E-state index in [2.05, 4.69) is 17.1 Å². The van der Waals surface area contributed by atoms with E-state index in [9.17, 15) is 4.79 Å². The van der Waals surface area contributed by atoms with Crippen molar-refractivity contribution in [3.05, 3.63) is 88.6 Å². The molecule has 0 bridgehead atoms. The number of aromatic nitrogens is 1. The van der Waals surface area contributed by atoms with Crippen LogP contribution in [0, 0.1) is 0 Å². The number of benzene rings is 2. The summed E-state index contributed by atoms with van der Waals surface area (Å²) in [6, 6.07) is 17.6. The SMILES string of the molecule is O=C(Cc1ccc(CO)cc1)N1CCc2oc(Cc3ccccc3)nc2C1. The molecule has 4 rings (SSSR count). The van der Waals surface area contributed by atoms with Crippen molar-refractivity contribution in [2.24, 2.45) is 0 Å². The Bertz CT molecular complexity index is 916. The van der Waals surface area contributed by atoms with Gasteiger partial charge in [-0.3, -0.25) is 4.79 Å². The van der Waals surface area contributed by atoms with Gasteiger partial charge in [0.2, 0.25) is 5.91 Å². The topological polar surface area (TPSA) is 66.6 Å². The zero-order valence-electron chi connectivity index (χ0n) is 15.1. The van der Waals surface area contributed by atoms with E-state index in [0.29, 0.717) is 38.2 Å². The number of fused-ring (bicyclic) bond motifs is 1. The Kier molecular flexibility index (Phi) is 5.03. The van der Waals surface area contributed by atoms with Crippen molar-refractivity contribution in [1.29, 1.82) is 0 Å². The van der Waals surface area contributed by atoms with E-state index < -0.39 is 0 Å². The van der Waals surface area contributed by atoms with Gasteiger partial charge in [0, 0.05) is 19.4 Å². The molecule has 0 radical (unpaired) electrons. The Labute approximate surface area is 158 Å². The van der Waals surface area contributed by atoms with Crippen LogP contribution in [0.1, 0.15) is 34.0 Å². The van der Waals surface area contributed by atoms with Gasteiger partial charge in [-0.15, -0.1) is 0 Å². The molecule has 0 fully saturated rings. The molecule has 3 aromatic rings. The highest BCUT2D eigenvalue weighted by Crippen LogP contribution is 2.22. The molecule has 1 aliphatic rings. The van der Waals surface area contributed by atoms with Gasteiger partial charge in [0.15, 0.2) is 5.89 Å². The number of hydrogen-bond acceptors (Lipinski definition) is 4. The van der Waals surface area contributed by atoms with Gasteiger partial charge in [0.1, 0.15) is 11.5 Å². The maximum atomic E-state index is 12.6. The molecular weight excluding hydrogens is 340 g/mol. The lowest BCUT2D eigenvalue weighted by molar-refractivity contribution is -0.131. The fourth-order valence-electron chi connectivity index (χ4n) is 3.36. The number of oxazole rings is 1. The first-order valence-corrected chi connectivity index (χ1v) is 9.19. The van der Waals surface area contributed by atoms with E-state index in [0.717, 1.165) is 28.1 Å². The number of aliphatic hydroxyl groups excluding tert-OH is 1. The standard InChI is InChI=1S/C22H22N2O3/c25-15-18-8-6-17(7-9-18)13-22(26)24-11-10-20-19(14-24)23-21(27-20)12-16-4-2-1-3-5-16/h1-9,25H,10-15H2. The smallest absolute Gasteiger partial charge is 0.227 e. The van der Waals surface area contributed by atoms with Crippen molar-refractivity contribution in [3.8, 4) is 0 Å². The van der Waals surface area contributed by atoms with Crippen LogP contribution in [0.4, 0.5) is 0 Å². The molecule has 138 valence electrons. The van der Waals surface area contributed by atoms with Crippen molar-refractivity contribution in [1.82, 2.24) is 9.88 Å². The Morgan fingerprint density at radius 3 is 2.52 bits per heavy atom. The van der Waals surface area contributed by atoms with Crippen LogP contribution in [0.25, 0.3) is 0 Å². The van der Waals surface area contributed by atoms with Gasteiger partial charge >= 0.3 is 0 Å². The van der Waals surface area contributed by atoms with Crippen molar-refractivity contribution in [2.45, 2.75) is 32.4 Å². The third-order valence-electron chi connectivity index (χ3n) is 4.88. The third kappa shape index (κ3) is 4.09. The van der Waals surface area contributed by atoms with Crippen molar-refractivity contribution in [3.63, 3.8) is 0 Å². The zero-order valence-corrected chi connectivity index (χ0v) is 15.1. The maximum Gasteiger partial charge on any atom is 0.227 e. The van der Waals surface area contributed by atoms with E-state index in [1.54, 1.807) is 0 Å². The molecule has 2 heterocycles. The van der Waals surface area contributed by atoms with Crippen LogP contribution in [-0.2, 0) is 37.2 Å². The number of carbonyl (C=O) groups is 1. The van der Waals surface area contributed by atoms with Crippen LogP contribution in [0.15, 0.2) is 59.0 Å². The predicted octanol–water partition coefficient (Wildman–Crippen LogP) is 2.89. The molecule has 0 unspecified atom stereocenters. The lowest BCUT2D eigenvalue weighted by Crippen LogP contribution is -2.36. The summed E-state index contributed by atoms with van der Waals surface area (Å²) in [4.78, 5) is 19.1. The van der Waals surface area contributed by atoms with E-state index in [4.69, 9.17) is 9.52 Å². The first-order chi connectivity index (χ1) is 13.2. The molecule has 1 N–H and O–H groups in total. The van der Waals surface area contributed by atoms with Crippen LogP contribution >= 0.6 is 0 Å². The highest BCUT2D eigenvalue weighted by atomic mass is 16.4. The van der Waals surface area contributed by atoms with Gasteiger partial charge in [-0.2, -0.15) is 0 Å². The van der Waals surface area contributed by atoms with E-state index >= 15 is 0 Å². The van der Waals surface area contributed by atoms with Crippen molar-refractivity contribution < 1.29 is 14.3 Å². The number of carbonyl (C=O) groups excluding carboxylic acids is 1. The summed E-state index contributed by atoms with van der Waals surface area (Å²) in [5, 5.41) is 9.11. The first kappa shape index (κ1) is 17.5. The number of amides is 1. The molecule has 1 amide bonds. The lowest BCUT2D eigenvalue weighted by Gasteiger charge is -2.25. The summed E-state index contributed by atoms with van der Waals surface area (Å²) in [5.74, 6) is 1.70. The summed E-state index contributed by atoms with van der Waals surface area (Å²) in [6.45, 7) is 1.17. The van der Waals surface area contributed by atoms with Crippen LogP contribution < -0.4 is 0 Å². The van der Waals surface area contributed by atoms with Gasteiger partial charge in [0.25, 0.3) is 0 Å². The number of nitrogens with zero attached hydrogens (tertiary/aromatic N) is 2. The zero-order chi connectivity index (χ0) is 18.6. The highest BCUT2D eigenvalue weighted by Gasteiger charge is 2.25. The third-order valence-corrected chi connectivity index (χ3v) is 4.88. The van der Waals surface area contributed by atoms with Crippen molar-refractivity contribution >= 4 is 5.91 Å². The normalized spacial score (nSPS) is 13.4. The molecule has 0 aliphatic carbocycles. The van der Waals surface area contributed by atoms with Gasteiger partial charge in [-0.1, -0.05) is 54.6 Å². The maximum absolute atomic E-state index is 12.6. The Hall–Kier alpha value is -2.92. The molecule has 5 heteroatoms. The Morgan fingerprint density at radius 2 is 1.78 bits per heavy atom. The van der Waals surface area contributed by atoms with Gasteiger partial charge in [-0.05, 0) is 16.7 Å². The Morgan fingerprint density at radius 1 is 1.04 bits per heavy atom. The molecular formula is C22H22N2O3. The summed E-state index contributed by atoms with van der Waals surface area (Å²) in [6.07, 6.45) is 1.72. The number of rotatable bonds is 5. The second-order valence-corrected chi connectivity index (χ2v) is 6.86. The van der Waals surface area contributed by atoms with Gasteiger partial charge in [0.05, 0.1) is 19.6 Å². The van der Waals surface area contributed by atoms with Crippen LogP contribution in [0.2, 0.25) is 0 Å². The van der Waals surface area contributed by atoms with Crippen molar-refractivity contribution in [2.75, 3.05) is 6.54 Å². The summed E-state index contributed by atoms with van der Waals surface area (Å²) >= 11 is 0. The summed E-state index contributed by atoms with van der Waals surface area (Å²) < 4.78 is 5.91. The number of hydrogen-bond donors (Lipinski definition) is 1. The molecule has 0 saturated heterocycles. The van der Waals surface area contributed by atoms with Crippen LogP contribution in [-0.4, -0.2) is 27.4 Å². The van der Waals surface area contributed by atoms with Gasteiger partial charge in [-0.25, -0.2) is 4.98 Å². The fourth-order valence-corrected chi connectivity index (χ4v) is 3.36. The second-order valence-electron chi connectivity index (χ2n) is 6.86.